The van der Waals surface area contributed by atoms with Gasteiger partial charge in [-0.15, -0.1) is 0 Å². The number of nitrogen functional groups attached to an aromatic ring is 1. The fraction of sp³-hybridized carbons (Fsp3) is 0.250. The van der Waals surface area contributed by atoms with E-state index in [0.29, 0.717) is 17.4 Å². The van der Waals surface area contributed by atoms with Crippen LogP contribution >= 0.6 is 0 Å². The molecule has 3 aromatic rings. The number of para-hydroxylation sites is 1. The lowest BCUT2D eigenvalue weighted by Crippen LogP contribution is -2.11. The number of hydrogen-bond donors (Lipinski definition) is 1. The molecule has 1 aliphatic rings. The average molecular weight is 265 g/mol. The second-order valence-electron chi connectivity index (χ2n) is 5.21. The zero-order chi connectivity index (χ0) is 13.5. The smallest absolute Gasteiger partial charge is 0.197 e. The Morgan fingerprint density at radius 2 is 1.90 bits per heavy atom. The summed E-state index contributed by atoms with van der Waals surface area (Å²) in [5, 5.41) is 1.06. The highest BCUT2D eigenvalue weighted by atomic mass is 16.3. The van der Waals surface area contributed by atoms with Crippen LogP contribution in [0, 0.1) is 0 Å². The lowest BCUT2D eigenvalue weighted by atomic mass is 9.96. The van der Waals surface area contributed by atoms with Crippen LogP contribution < -0.4 is 5.73 Å². The van der Waals surface area contributed by atoms with Gasteiger partial charge in [-0.05, 0) is 37.8 Å². The summed E-state index contributed by atoms with van der Waals surface area (Å²) in [5.41, 5.74) is 9.13. The quantitative estimate of drug-likeness (QED) is 0.732. The van der Waals surface area contributed by atoms with E-state index in [1.807, 2.05) is 30.3 Å². The van der Waals surface area contributed by atoms with E-state index in [0.717, 1.165) is 35.1 Å². The second-order valence-corrected chi connectivity index (χ2v) is 5.21. The van der Waals surface area contributed by atoms with Crippen molar-refractivity contribution in [2.24, 2.45) is 0 Å². The number of benzene rings is 1. The van der Waals surface area contributed by atoms with Gasteiger partial charge in [-0.25, -0.2) is 9.97 Å². The monoisotopic (exact) mass is 265 g/mol. The maximum absolute atomic E-state index is 6.08. The van der Waals surface area contributed by atoms with Gasteiger partial charge in [0.25, 0.3) is 0 Å². The topological polar surface area (TPSA) is 64.9 Å². The van der Waals surface area contributed by atoms with Gasteiger partial charge < -0.3 is 10.2 Å². The number of rotatable bonds is 1. The largest absolute Gasteiger partial charge is 0.453 e. The molecule has 0 amide bonds. The van der Waals surface area contributed by atoms with Crippen LogP contribution in [-0.2, 0) is 12.8 Å². The molecule has 0 spiro atoms. The van der Waals surface area contributed by atoms with Crippen LogP contribution in [0.4, 0.5) is 5.82 Å². The third-order valence-corrected chi connectivity index (χ3v) is 3.86. The van der Waals surface area contributed by atoms with E-state index in [1.54, 1.807) is 0 Å². The van der Waals surface area contributed by atoms with Gasteiger partial charge in [-0.3, -0.25) is 0 Å². The summed E-state index contributed by atoms with van der Waals surface area (Å²) in [6, 6.07) is 9.88. The van der Waals surface area contributed by atoms with Crippen molar-refractivity contribution in [1.82, 2.24) is 9.97 Å². The third-order valence-electron chi connectivity index (χ3n) is 3.86. The van der Waals surface area contributed by atoms with Crippen LogP contribution in [0.15, 0.2) is 34.7 Å². The Kier molecular flexibility index (Phi) is 2.49. The molecule has 0 saturated carbocycles. The van der Waals surface area contributed by atoms with Gasteiger partial charge in [0.2, 0.25) is 0 Å². The molecule has 4 heteroatoms. The summed E-state index contributed by atoms with van der Waals surface area (Å²) in [6.45, 7) is 0. The van der Waals surface area contributed by atoms with Crippen LogP contribution in [0.1, 0.15) is 24.1 Å². The van der Waals surface area contributed by atoms with Gasteiger partial charge in [0.05, 0.1) is 0 Å². The number of aromatic nitrogens is 2. The Bertz CT molecular complexity index is 759. The van der Waals surface area contributed by atoms with Crippen molar-refractivity contribution in [1.29, 1.82) is 0 Å². The predicted molar refractivity (Wildman–Crippen MR) is 78.3 cm³/mol. The van der Waals surface area contributed by atoms with Crippen LogP contribution in [0.25, 0.3) is 22.6 Å². The molecule has 0 bridgehead atoms. The molecule has 100 valence electrons. The maximum atomic E-state index is 6.08. The van der Waals surface area contributed by atoms with Gasteiger partial charge in [-0.1, -0.05) is 18.2 Å². The highest BCUT2D eigenvalue weighted by Gasteiger charge is 2.18. The molecule has 0 atom stereocenters. The van der Waals surface area contributed by atoms with Crippen molar-refractivity contribution in [3.63, 3.8) is 0 Å². The van der Waals surface area contributed by atoms with E-state index in [1.165, 1.54) is 12.8 Å². The minimum atomic E-state index is 0.597. The zero-order valence-electron chi connectivity index (χ0n) is 11.1. The normalized spacial score (nSPS) is 14.4. The second kappa shape index (κ2) is 4.34. The lowest BCUT2D eigenvalue weighted by Gasteiger charge is -2.16. The van der Waals surface area contributed by atoms with E-state index in [4.69, 9.17) is 10.2 Å². The lowest BCUT2D eigenvalue weighted by molar-refractivity contribution is 0.619. The molecule has 2 heterocycles. The Hall–Kier alpha value is -2.36. The first-order valence-corrected chi connectivity index (χ1v) is 6.95. The van der Waals surface area contributed by atoms with Crippen LogP contribution in [0.5, 0.6) is 0 Å². The maximum Gasteiger partial charge on any atom is 0.197 e. The molecule has 0 unspecified atom stereocenters. The standard InChI is InChI=1S/C16H15N3O/c17-15-11-6-2-3-7-12(11)18-16(19-15)14-9-10-5-1-4-8-13(10)20-14/h1,4-5,8-9H,2-3,6-7H2,(H2,17,18,19). The van der Waals surface area contributed by atoms with Gasteiger partial charge in [0.1, 0.15) is 11.4 Å². The van der Waals surface area contributed by atoms with Crippen molar-refractivity contribution < 1.29 is 4.42 Å². The summed E-state index contributed by atoms with van der Waals surface area (Å²) in [7, 11) is 0. The molecule has 4 nitrogen and oxygen atoms in total. The summed E-state index contributed by atoms with van der Waals surface area (Å²) < 4.78 is 5.82. The SMILES string of the molecule is Nc1nc(-c2cc3ccccc3o2)nc2c1CCCC2. The molecule has 1 aromatic carbocycles. The van der Waals surface area contributed by atoms with E-state index in [9.17, 15) is 0 Å². The van der Waals surface area contributed by atoms with Crippen molar-refractivity contribution >= 4 is 16.8 Å². The van der Waals surface area contributed by atoms with Gasteiger partial charge in [0, 0.05) is 16.6 Å². The van der Waals surface area contributed by atoms with Crippen molar-refractivity contribution in [3.05, 3.63) is 41.6 Å². The van der Waals surface area contributed by atoms with E-state index in [2.05, 4.69) is 9.97 Å². The Morgan fingerprint density at radius 3 is 2.80 bits per heavy atom. The number of aryl methyl sites for hydroxylation is 1. The number of anilines is 1. The predicted octanol–water partition coefficient (Wildman–Crippen LogP) is 3.35. The number of fused-ring (bicyclic) bond motifs is 2. The minimum absolute atomic E-state index is 0.597. The Balaban J connectivity index is 1.87. The van der Waals surface area contributed by atoms with Gasteiger partial charge in [0.15, 0.2) is 11.6 Å². The summed E-state index contributed by atoms with van der Waals surface area (Å²) in [6.07, 6.45) is 4.31. The van der Waals surface area contributed by atoms with Crippen LogP contribution in [-0.4, -0.2) is 9.97 Å². The molecule has 4 rings (SSSR count). The molecule has 0 aliphatic heterocycles. The number of nitrogens with zero attached hydrogens (tertiary/aromatic N) is 2. The average Bonchev–Trinajstić information content (AvgIpc) is 2.91. The first kappa shape index (κ1) is 11.5. The Morgan fingerprint density at radius 1 is 1.05 bits per heavy atom. The van der Waals surface area contributed by atoms with E-state index >= 15 is 0 Å². The summed E-state index contributed by atoms with van der Waals surface area (Å²) in [4.78, 5) is 9.08. The van der Waals surface area contributed by atoms with Crippen molar-refractivity contribution in [3.8, 4) is 11.6 Å². The summed E-state index contributed by atoms with van der Waals surface area (Å²) in [5.74, 6) is 1.88. The highest BCUT2D eigenvalue weighted by molar-refractivity contribution is 5.81. The third kappa shape index (κ3) is 1.76. The Labute approximate surface area is 116 Å². The first-order chi connectivity index (χ1) is 9.81. The first-order valence-electron chi connectivity index (χ1n) is 6.95. The fourth-order valence-electron chi connectivity index (χ4n) is 2.83. The van der Waals surface area contributed by atoms with E-state index in [-0.39, 0.29) is 0 Å². The molecular formula is C16H15N3O. The van der Waals surface area contributed by atoms with Crippen molar-refractivity contribution in [2.75, 3.05) is 5.73 Å². The summed E-state index contributed by atoms with van der Waals surface area (Å²) >= 11 is 0. The molecule has 20 heavy (non-hydrogen) atoms. The van der Waals surface area contributed by atoms with Crippen LogP contribution in [0.3, 0.4) is 0 Å². The highest BCUT2D eigenvalue weighted by Crippen LogP contribution is 2.29. The number of nitrogens with two attached hydrogens (primary N) is 1. The minimum Gasteiger partial charge on any atom is -0.453 e. The molecule has 0 saturated heterocycles. The zero-order valence-corrected chi connectivity index (χ0v) is 11.1. The molecule has 2 aromatic heterocycles. The number of hydrogen-bond acceptors (Lipinski definition) is 4. The van der Waals surface area contributed by atoms with Gasteiger partial charge in [-0.2, -0.15) is 0 Å². The van der Waals surface area contributed by atoms with Crippen LogP contribution in [0.2, 0.25) is 0 Å². The molecule has 1 aliphatic carbocycles. The number of furan rings is 1. The van der Waals surface area contributed by atoms with E-state index < -0.39 is 0 Å². The molecule has 0 fully saturated rings. The van der Waals surface area contributed by atoms with Gasteiger partial charge >= 0.3 is 0 Å². The molecule has 0 radical (unpaired) electrons. The molecule has 2 N–H and O–H groups in total. The fourth-order valence-corrected chi connectivity index (χ4v) is 2.83. The van der Waals surface area contributed by atoms with Crippen molar-refractivity contribution in [2.45, 2.75) is 25.7 Å². The molecular weight excluding hydrogens is 250 g/mol.